The van der Waals surface area contributed by atoms with Gasteiger partial charge in [0.25, 0.3) is 0 Å². The van der Waals surface area contributed by atoms with Gasteiger partial charge in [-0.25, -0.2) is 0 Å². The molecule has 0 saturated carbocycles. The van der Waals surface area contributed by atoms with Crippen LogP contribution in [0.15, 0.2) is 24.3 Å². The average molecular weight is 222 g/mol. The number of phenolic OH excluding ortho intramolecular Hbond substituents is 1. The fourth-order valence-electron chi connectivity index (χ4n) is 2.06. The Morgan fingerprint density at radius 3 is 2.44 bits per heavy atom. The lowest BCUT2D eigenvalue weighted by atomic mass is 9.76. The molecule has 0 heterocycles. The lowest BCUT2D eigenvalue weighted by Gasteiger charge is -2.29. The SMILES string of the molecule is CCC(CC)(C(=O)OC)c1cccc(O)c1. The summed E-state index contributed by atoms with van der Waals surface area (Å²) in [7, 11) is 1.39. The van der Waals surface area contributed by atoms with Crippen molar-refractivity contribution in [3.63, 3.8) is 0 Å². The Morgan fingerprint density at radius 1 is 1.38 bits per heavy atom. The van der Waals surface area contributed by atoms with Crippen LogP contribution in [0.3, 0.4) is 0 Å². The normalized spacial score (nSPS) is 11.2. The summed E-state index contributed by atoms with van der Waals surface area (Å²) < 4.78 is 4.87. The number of benzene rings is 1. The van der Waals surface area contributed by atoms with Crippen LogP contribution in [-0.4, -0.2) is 18.2 Å². The van der Waals surface area contributed by atoms with Gasteiger partial charge in [0.05, 0.1) is 12.5 Å². The van der Waals surface area contributed by atoms with E-state index in [0.717, 1.165) is 5.56 Å². The number of esters is 1. The Balaban J connectivity index is 3.25. The van der Waals surface area contributed by atoms with Crippen molar-refractivity contribution in [3.8, 4) is 5.75 Å². The molecule has 0 aliphatic heterocycles. The van der Waals surface area contributed by atoms with Crippen LogP contribution in [-0.2, 0) is 14.9 Å². The second-order valence-electron chi connectivity index (χ2n) is 3.83. The monoisotopic (exact) mass is 222 g/mol. The highest BCUT2D eigenvalue weighted by atomic mass is 16.5. The summed E-state index contributed by atoms with van der Waals surface area (Å²) in [6, 6.07) is 6.82. The molecule has 0 aliphatic carbocycles. The number of aromatic hydroxyl groups is 1. The fourth-order valence-corrected chi connectivity index (χ4v) is 2.06. The number of methoxy groups -OCH3 is 1. The molecular weight excluding hydrogens is 204 g/mol. The van der Waals surface area contributed by atoms with Crippen LogP contribution in [0.1, 0.15) is 32.3 Å². The maximum Gasteiger partial charge on any atom is 0.316 e. The van der Waals surface area contributed by atoms with Gasteiger partial charge < -0.3 is 9.84 Å². The summed E-state index contributed by atoms with van der Waals surface area (Å²) in [5.41, 5.74) is 0.164. The third-order valence-electron chi connectivity index (χ3n) is 3.18. The number of phenols is 1. The summed E-state index contributed by atoms with van der Waals surface area (Å²) in [5.74, 6) is -0.0734. The van der Waals surface area contributed by atoms with Gasteiger partial charge in [-0.3, -0.25) is 4.79 Å². The minimum absolute atomic E-state index is 0.174. The van der Waals surface area contributed by atoms with E-state index in [-0.39, 0.29) is 11.7 Å². The molecule has 0 bridgehead atoms. The lowest BCUT2D eigenvalue weighted by Crippen LogP contribution is -2.35. The summed E-state index contributed by atoms with van der Waals surface area (Å²) in [6.45, 7) is 3.90. The molecule has 0 aliphatic rings. The van der Waals surface area contributed by atoms with Crippen LogP contribution < -0.4 is 0 Å². The lowest BCUT2D eigenvalue weighted by molar-refractivity contribution is -0.148. The number of carbonyl (C=O) groups excluding carboxylic acids is 1. The molecule has 0 unspecified atom stereocenters. The van der Waals surface area contributed by atoms with Crippen LogP contribution in [0, 0.1) is 0 Å². The molecule has 1 N–H and O–H groups in total. The Labute approximate surface area is 96.1 Å². The molecular formula is C13H18O3. The van der Waals surface area contributed by atoms with E-state index in [2.05, 4.69) is 0 Å². The summed E-state index contributed by atoms with van der Waals surface area (Å²) in [4.78, 5) is 11.9. The summed E-state index contributed by atoms with van der Waals surface area (Å²) in [5, 5.41) is 9.47. The maximum absolute atomic E-state index is 11.9. The minimum Gasteiger partial charge on any atom is -0.508 e. The second kappa shape index (κ2) is 5.01. The van der Waals surface area contributed by atoms with Crippen molar-refractivity contribution >= 4 is 5.97 Å². The van der Waals surface area contributed by atoms with E-state index in [0.29, 0.717) is 12.8 Å². The average Bonchev–Trinajstić information content (AvgIpc) is 2.31. The van der Waals surface area contributed by atoms with Crippen LogP contribution in [0.25, 0.3) is 0 Å². The van der Waals surface area contributed by atoms with Gasteiger partial charge >= 0.3 is 5.97 Å². The van der Waals surface area contributed by atoms with Crippen molar-refractivity contribution in [1.82, 2.24) is 0 Å². The van der Waals surface area contributed by atoms with Gasteiger partial charge in [0.1, 0.15) is 5.75 Å². The van der Waals surface area contributed by atoms with Crippen molar-refractivity contribution in [3.05, 3.63) is 29.8 Å². The Hall–Kier alpha value is -1.51. The van der Waals surface area contributed by atoms with E-state index >= 15 is 0 Å². The van der Waals surface area contributed by atoms with E-state index in [4.69, 9.17) is 4.74 Å². The largest absolute Gasteiger partial charge is 0.508 e. The molecule has 0 fully saturated rings. The Bertz CT molecular complexity index is 367. The summed E-state index contributed by atoms with van der Waals surface area (Å²) in [6.07, 6.45) is 1.30. The molecule has 1 aromatic carbocycles. The third-order valence-corrected chi connectivity index (χ3v) is 3.18. The first-order valence-electron chi connectivity index (χ1n) is 5.48. The van der Waals surface area contributed by atoms with Gasteiger partial charge in [-0.15, -0.1) is 0 Å². The van der Waals surface area contributed by atoms with Crippen LogP contribution in [0.5, 0.6) is 5.75 Å². The molecule has 0 spiro atoms. The van der Waals surface area contributed by atoms with Gasteiger partial charge in [0.15, 0.2) is 0 Å². The number of rotatable bonds is 4. The third kappa shape index (κ3) is 2.03. The molecule has 0 aromatic heterocycles. The number of carbonyl (C=O) groups is 1. The zero-order valence-electron chi connectivity index (χ0n) is 9.99. The first-order chi connectivity index (χ1) is 7.60. The van der Waals surface area contributed by atoms with Gasteiger partial charge in [0, 0.05) is 0 Å². The molecule has 16 heavy (non-hydrogen) atoms. The van der Waals surface area contributed by atoms with Crippen molar-refractivity contribution in [2.75, 3.05) is 7.11 Å². The first kappa shape index (κ1) is 12.6. The maximum atomic E-state index is 11.9. The molecule has 0 amide bonds. The van der Waals surface area contributed by atoms with E-state index in [1.807, 2.05) is 19.9 Å². The smallest absolute Gasteiger partial charge is 0.316 e. The summed E-state index contributed by atoms with van der Waals surface area (Å²) >= 11 is 0. The van der Waals surface area contributed by atoms with E-state index in [1.165, 1.54) is 7.11 Å². The quantitative estimate of drug-likeness (QED) is 0.796. The number of hydrogen-bond donors (Lipinski definition) is 1. The number of hydrogen-bond acceptors (Lipinski definition) is 3. The van der Waals surface area contributed by atoms with E-state index < -0.39 is 5.41 Å². The fraction of sp³-hybridized carbons (Fsp3) is 0.462. The molecule has 88 valence electrons. The molecule has 1 aromatic rings. The highest BCUT2D eigenvalue weighted by Crippen LogP contribution is 2.34. The van der Waals surface area contributed by atoms with Crippen molar-refractivity contribution in [2.24, 2.45) is 0 Å². The molecule has 1 rings (SSSR count). The van der Waals surface area contributed by atoms with Crippen LogP contribution in [0.2, 0.25) is 0 Å². The minimum atomic E-state index is -0.645. The highest BCUT2D eigenvalue weighted by molar-refractivity contribution is 5.83. The van der Waals surface area contributed by atoms with Gasteiger partial charge in [-0.2, -0.15) is 0 Å². The molecule has 0 saturated heterocycles. The molecule has 0 atom stereocenters. The van der Waals surface area contributed by atoms with Crippen molar-refractivity contribution in [2.45, 2.75) is 32.1 Å². The Kier molecular flexibility index (Phi) is 3.93. The standard InChI is InChI=1S/C13H18O3/c1-4-13(5-2,12(15)16-3)10-7-6-8-11(14)9-10/h6-9,14H,4-5H2,1-3H3. The van der Waals surface area contributed by atoms with Crippen LogP contribution >= 0.6 is 0 Å². The van der Waals surface area contributed by atoms with E-state index in [9.17, 15) is 9.90 Å². The predicted octanol–water partition coefficient (Wildman–Crippen LogP) is 2.62. The molecule has 3 heteroatoms. The predicted molar refractivity (Wildman–Crippen MR) is 62.4 cm³/mol. The molecule has 3 nitrogen and oxygen atoms in total. The van der Waals surface area contributed by atoms with E-state index in [1.54, 1.807) is 18.2 Å². The van der Waals surface area contributed by atoms with Gasteiger partial charge in [-0.05, 0) is 30.5 Å². The van der Waals surface area contributed by atoms with Crippen molar-refractivity contribution < 1.29 is 14.6 Å². The van der Waals surface area contributed by atoms with Crippen LogP contribution in [0.4, 0.5) is 0 Å². The number of ether oxygens (including phenoxy) is 1. The zero-order valence-corrected chi connectivity index (χ0v) is 9.99. The second-order valence-corrected chi connectivity index (χ2v) is 3.83. The van der Waals surface area contributed by atoms with Gasteiger partial charge in [-0.1, -0.05) is 26.0 Å². The highest BCUT2D eigenvalue weighted by Gasteiger charge is 2.38. The van der Waals surface area contributed by atoms with Crippen molar-refractivity contribution in [1.29, 1.82) is 0 Å². The molecule has 0 radical (unpaired) electrons. The zero-order chi connectivity index (χ0) is 12.2. The topological polar surface area (TPSA) is 46.5 Å². The van der Waals surface area contributed by atoms with Gasteiger partial charge in [0.2, 0.25) is 0 Å². The Morgan fingerprint density at radius 2 is 2.00 bits per heavy atom. The first-order valence-corrected chi connectivity index (χ1v) is 5.48.